The third-order valence-electron chi connectivity index (χ3n) is 4.63. The molecule has 1 fully saturated rings. The minimum absolute atomic E-state index is 0.0000112. The van der Waals surface area contributed by atoms with Crippen molar-refractivity contribution >= 4 is 16.8 Å². The molecule has 22 heavy (non-hydrogen) atoms. The number of fused-ring (bicyclic) bond motifs is 1. The van der Waals surface area contributed by atoms with Gasteiger partial charge in [-0.3, -0.25) is 4.79 Å². The quantitative estimate of drug-likeness (QED) is 0.803. The number of aromatic amines is 1. The van der Waals surface area contributed by atoms with Crippen LogP contribution in [-0.2, 0) is 0 Å². The molecule has 0 bridgehead atoms. The van der Waals surface area contributed by atoms with Crippen molar-refractivity contribution in [2.75, 3.05) is 26.3 Å². The number of rotatable bonds is 3. The number of hydrogen-bond donors (Lipinski definition) is 3. The van der Waals surface area contributed by atoms with Crippen molar-refractivity contribution in [3.8, 4) is 0 Å². The highest BCUT2D eigenvalue weighted by molar-refractivity contribution is 5.99. The summed E-state index contributed by atoms with van der Waals surface area (Å²) in [6.45, 7) is 5.06. The SMILES string of the molecule is Cc1cc(C)c2[nH]c(C(=O)N3C[C@@H](CO)[C@@H](CO)C3)cc2c1. The van der Waals surface area contributed by atoms with Crippen LogP contribution in [0.1, 0.15) is 21.6 Å². The molecular formula is C17H22N2O3. The van der Waals surface area contributed by atoms with Crippen LogP contribution in [0.2, 0.25) is 0 Å². The summed E-state index contributed by atoms with van der Waals surface area (Å²) in [6, 6.07) is 6.04. The Morgan fingerprint density at radius 2 is 1.82 bits per heavy atom. The molecule has 1 aromatic heterocycles. The lowest BCUT2D eigenvalue weighted by atomic mass is 9.98. The Labute approximate surface area is 129 Å². The molecule has 0 radical (unpaired) electrons. The number of aliphatic hydroxyl groups excluding tert-OH is 2. The molecule has 0 aliphatic carbocycles. The Hall–Kier alpha value is -1.85. The number of hydrogen-bond acceptors (Lipinski definition) is 3. The van der Waals surface area contributed by atoms with Crippen molar-refractivity contribution in [1.82, 2.24) is 9.88 Å². The second-order valence-corrected chi connectivity index (χ2v) is 6.32. The Kier molecular flexibility index (Phi) is 3.93. The first-order chi connectivity index (χ1) is 10.5. The molecule has 0 unspecified atom stereocenters. The molecule has 5 nitrogen and oxygen atoms in total. The second kappa shape index (κ2) is 5.74. The van der Waals surface area contributed by atoms with E-state index in [0.29, 0.717) is 18.8 Å². The Bertz CT molecular complexity index is 695. The van der Waals surface area contributed by atoms with Crippen molar-refractivity contribution in [3.63, 3.8) is 0 Å². The molecule has 1 aliphatic rings. The Balaban J connectivity index is 1.88. The number of aryl methyl sites for hydroxylation is 2. The van der Waals surface area contributed by atoms with Crippen LogP contribution in [0.25, 0.3) is 10.9 Å². The van der Waals surface area contributed by atoms with E-state index in [9.17, 15) is 15.0 Å². The average Bonchev–Trinajstić information content (AvgIpc) is 3.09. The number of H-pyrrole nitrogens is 1. The molecule has 0 saturated carbocycles. The molecule has 3 rings (SSSR count). The number of carbonyl (C=O) groups is 1. The maximum Gasteiger partial charge on any atom is 0.270 e. The number of likely N-dealkylation sites (tertiary alicyclic amines) is 1. The van der Waals surface area contributed by atoms with Gasteiger partial charge in [-0.05, 0) is 31.5 Å². The van der Waals surface area contributed by atoms with E-state index in [1.165, 1.54) is 5.56 Å². The Morgan fingerprint density at radius 3 is 2.41 bits per heavy atom. The molecule has 0 spiro atoms. The van der Waals surface area contributed by atoms with E-state index in [-0.39, 0.29) is 31.0 Å². The van der Waals surface area contributed by atoms with E-state index in [2.05, 4.69) is 17.1 Å². The van der Waals surface area contributed by atoms with Crippen LogP contribution in [0.4, 0.5) is 0 Å². The summed E-state index contributed by atoms with van der Waals surface area (Å²) in [5, 5.41) is 19.8. The highest BCUT2D eigenvalue weighted by atomic mass is 16.3. The standard InChI is InChI=1S/C17H22N2O3/c1-10-3-11(2)16-12(4-10)5-15(18-16)17(22)19-6-13(8-20)14(7-19)9-21/h3-5,13-14,18,20-21H,6-9H2,1-2H3/t13-,14+. The average molecular weight is 302 g/mol. The minimum atomic E-state index is -0.0670. The monoisotopic (exact) mass is 302 g/mol. The molecule has 118 valence electrons. The fourth-order valence-electron chi connectivity index (χ4n) is 3.42. The van der Waals surface area contributed by atoms with Crippen molar-refractivity contribution in [2.24, 2.45) is 11.8 Å². The summed E-state index contributed by atoms with van der Waals surface area (Å²) in [6.07, 6.45) is 0. The molecule has 1 amide bonds. The van der Waals surface area contributed by atoms with E-state index in [4.69, 9.17) is 0 Å². The van der Waals surface area contributed by atoms with E-state index < -0.39 is 0 Å². The lowest BCUT2D eigenvalue weighted by molar-refractivity contribution is 0.0773. The third-order valence-corrected chi connectivity index (χ3v) is 4.63. The number of aliphatic hydroxyl groups is 2. The van der Waals surface area contributed by atoms with Crippen LogP contribution < -0.4 is 0 Å². The van der Waals surface area contributed by atoms with Crippen molar-refractivity contribution in [3.05, 3.63) is 35.0 Å². The first kappa shape index (κ1) is 15.1. The van der Waals surface area contributed by atoms with Gasteiger partial charge in [0.15, 0.2) is 0 Å². The summed E-state index contributed by atoms with van der Waals surface area (Å²) < 4.78 is 0. The molecule has 3 N–H and O–H groups in total. The zero-order valence-electron chi connectivity index (χ0n) is 13.0. The van der Waals surface area contributed by atoms with Crippen LogP contribution >= 0.6 is 0 Å². The summed E-state index contributed by atoms with van der Waals surface area (Å²) in [7, 11) is 0. The van der Waals surface area contributed by atoms with Gasteiger partial charge in [0.25, 0.3) is 5.91 Å². The van der Waals surface area contributed by atoms with Gasteiger partial charge in [-0.25, -0.2) is 0 Å². The van der Waals surface area contributed by atoms with E-state index >= 15 is 0 Å². The van der Waals surface area contributed by atoms with E-state index in [1.807, 2.05) is 19.9 Å². The molecule has 2 atom stereocenters. The largest absolute Gasteiger partial charge is 0.396 e. The van der Waals surface area contributed by atoms with Gasteiger partial charge < -0.3 is 20.1 Å². The smallest absolute Gasteiger partial charge is 0.270 e. The summed E-state index contributed by atoms with van der Waals surface area (Å²) in [5.74, 6) is -0.146. The minimum Gasteiger partial charge on any atom is -0.396 e. The maximum atomic E-state index is 12.7. The van der Waals surface area contributed by atoms with Crippen molar-refractivity contribution < 1.29 is 15.0 Å². The molecule has 1 aromatic carbocycles. The summed E-state index contributed by atoms with van der Waals surface area (Å²) in [5.41, 5.74) is 3.85. The lowest BCUT2D eigenvalue weighted by Crippen LogP contribution is -2.29. The summed E-state index contributed by atoms with van der Waals surface area (Å²) in [4.78, 5) is 17.6. The predicted octanol–water partition coefficient (Wildman–Crippen LogP) is 1.46. The highest BCUT2D eigenvalue weighted by Gasteiger charge is 2.35. The van der Waals surface area contributed by atoms with Crippen LogP contribution in [-0.4, -0.2) is 52.3 Å². The highest BCUT2D eigenvalue weighted by Crippen LogP contribution is 2.26. The van der Waals surface area contributed by atoms with Crippen LogP contribution in [0.3, 0.4) is 0 Å². The van der Waals surface area contributed by atoms with Gasteiger partial charge in [0.1, 0.15) is 5.69 Å². The third kappa shape index (κ3) is 2.51. The van der Waals surface area contributed by atoms with Gasteiger partial charge in [-0.15, -0.1) is 0 Å². The van der Waals surface area contributed by atoms with Crippen molar-refractivity contribution in [2.45, 2.75) is 13.8 Å². The molecule has 1 aliphatic heterocycles. The normalized spacial score (nSPS) is 21.7. The van der Waals surface area contributed by atoms with Crippen LogP contribution in [0.15, 0.2) is 18.2 Å². The van der Waals surface area contributed by atoms with Crippen LogP contribution in [0.5, 0.6) is 0 Å². The van der Waals surface area contributed by atoms with Crippen LogP contribution in [0, 0.1) is 25.7 Å². The molecule has 5 heteroatoms. The van der Waals surface area contributed by atoms with Crippen molar-refractivity contribution in [1.29, 1.82) is 0 Å². The topological polar surface area (TPSA) is 76.6 Å². The zero-order valence-corrected chi connectivity index (χ0v) is 13.0. The number of nitrogens with one attached hydrogen (secondary N) is 1. The number of nitrogens with zero attached hydrogens (tertiary/aromatic N) is 1. The summed E-state index contributed by atoms with van der Waals surface area (Å²) >= 11 is 0. The number of carbonyl (C=O) groups excluding carboxylic acids is 1. The Morgan fingerprint density at radius 1 is 1.18 bits per heavy atom. The molecule has 2 heterocycles. The van der Waals surface area contributed by atoms with Gasteiger partial charge >= 0.3 is 0 Å². The first-order valence-electron chi connectivity index (χ1n) is 7.64. The first-order valence-corrected chi connectivity index (χ1v) is 7.64. The number of amides is 1. The predicted molar refractivity (Wildman–Crippen MR) is 84.8 cm³/mol. The number of benzene rings is 1. The van der Waals surface area contributed by atoms with Gasteiger partial charge in [-0.2, -0.15) is 0 Å². The molecule has 1 saturated heterocycles. The van der Waals surface area contributed by atoms with Gasteiger partial charge in [0.05, 0.1) is 0 Å². The van der Waals surface area contributed by atoms with Gasteiger partial charge in [-0.1, -0.05) is 11.6 Å². The van der Waals surface area contributed by atoms with E-state index in [0.717, 1.165) is 16.5 Å². The fourth-order valence-corrected chi connectivity index (χ4v) is 3.42. The lowest BCUT2D eigenvalue weighted by Gasteiger charge is -2.14. The molecule has 2 aromatic rings. The molecular weight excluding hydrogens is 280 g/mol. The van der Waals surface area contributed by atoms with Gasteiger partial charge in [0.2, 0.25) is 0 Å². The van der Waals surface area contributed by atoms with Gasteiger partial charge in [0, 0.05) is 49.0 Å². The maximum absolute atomic E-state index is 12.7. The number of aromatic nitrogens is 1. The second-order valence-electron chi connectivity index (χ2n) is 6.32. The van der Waals surface area contributed by atoms with E-state index in [1.54, 1.807) is 4.90 Å². The fraction of sp³-hybridized carbons (Fsp3) is 0.471. The zero-order chi connectivity index (χ0) is 15.9.